The number of aliphatic carboxylic acids is 1. The van der Waals surface area contributed by atoms with Crippen molar-refractivity contribution in [3.8, 4) is 0 Å². The van der Waals surface area contributed by atoms with E-state index in [0.717, 1.165) is 6.07 Å². The fourth-order valence-corrected chi connectivity index (χ4v) is 1.99. The monoisotopic (exact) mass is 287 g/mol. The van der Waals surface area contributed by atoms with Crippen molar-refractivity contribution in [1.29, 1.82) is 0 Å². The van der Waals surface area contributed by atoms with Gasteiger partial charge in [0.2, 0.25) is 0 Å². The number of hydrogen-bond donors (Lipinski definition) is 2. The quantitative estimate of drug-likeness (QED) is 0.908. The van der Waals surface area contributed by atoms with E-state index in [1.807, 2.05) is 0 Å². The number of hydrogen-bond acceptors (Lipinski definition) is 2. The molecular formula is C16H14FNO3. The van der Waals surface area contributed by atoms with Crippen molar-refractivity contribution in [2.45, 2.75) is 12.5 Å². The Morgan fingerprint density at radius 3 is 2.19 bits per heavy atom. The van der Waals surface area contributed by atoms with Gasteiger partial charge >= 0.3 is 5.97 Å². The summed E-state index contributed by atoms with van der Waals surface area (Å²) in [5, 5.41) is 11.8. The average molecular weight is 287 g/mol. The maximum atomic E-state index is 13.9. The third-order valence-corrected chi connectivity index (χ3v) is 3.24. The molecule has 1 amide bonds. The van der Waals surface area contributed by atoms with E-state index in [0.29, 0.717) is 5.56 Å². The molecule has 1 unspecified atom stereocenters. The number of nitrogens with one attached hydrogen (secondary N) is 1. The Bertz CT molecular complexity index is 672. The molecule has 1 atom stereocenters. The lowest BCUT2D eigenvalue weighted by Crippen LogP contribution is -2.50. The summed E-state index contributed by atoms with van der Waals surface area (Å²) in [5.41, 5.74) is -1.64. The van der Waals surface area contributed by atoms with Crippen molar-refractivity contribution in [3.05, 3.63) is 71.5 Å². The van der Waals surface area contributed by atoms with E-state index < -0.39 is 23.2 Å². The number of rotatable bonds is 4. The highest BCUT2D eigenvalue weighted by molar-refractivity contribution is 5.98. The molecule has 0 saturated carbocycles. The van der Waals surface area contributed by atoms with Crippen LogP contribution in [0.4, 0.5) is 4.39 Å². The van der Waals surface area contributed by atoms with Crippen molar-refractivity contribution in [3.63, 3.8) is 0 Å². The minimum atomic E-state index is -1.85. The maximum absolute atomic E-state index is 13.9. The molecule has 0 bridgehead atoms. The first kappa shape index (κ1) is 14.7. The zero-order valence-corrected chi connectivity index (χ0v) is 11.3. The number of carbonyl (C=O) groups excluding carboxylic acids is 1. The predicted octanol–water partition coefficient (Wildman–Crippen LogP) is 2.56. The van der Waals surface area contributed by atoms with Crippen LogP contribution in [0.1, 0.15) is 22.8 Å². The molecule has 0 aromatic heterocycles. The smallest absolute Gasteiger partial charge is 0.333 e. The lowest BCUT2D eigenvalue weighted by atomic mass is 9.91. The second kappa shape index (κ2) is 5.75. The number of benzene rings is 2. The van der Waals surface area contributed by atoms with Crippen molar-refractivity contribution < 1.29 is 19.1 Å². The molecule has 5 heteroatoms. The largest absolute Gasteiger partial charge is 0.479 e. The first-order valence-corrected chi connectivity index (χ1v) is 6.31. The van der Waals surface area contributed by atoms with Gasteiger partial charge in [0.15, 0.2) is 5.54 Å². The fraction of sp³-hybridized carbons (Fsp3) is 0.125. The van der Waals surface area contributed by atoms with Gasteiger partial charge in [0.05, 0.1) is 0 Å². The van der Waals surface area contributed by atoms with Gasteiger partial charge < -0.3 is 10.4 Å². The summed E-state index contributed by atoms with van der Waals surface area (Å²) in [6.45, 7) is 1.26. The molecule has 0 saturated heterocycles. The van der Waals surface area contributed by atoms with Crippen LogP contribution >= 0.6 is 0 Å². The van der Waals surface area contributed by atoms with Crippen LogP contribution in [0.3, 0.4) is 0 Å². The summed E-state index contributed by atoms with van der Waals surface area (Å²) in [7, 11) is 0. The van der Waals surface area contributed by atoms with Gasteiger partial charge in [-0.1, -0.05) is 36.4 Å². The van der Waals surface area contributed by atoms with Crippen molar-refractivity contribution in [2.24, 2.45) is 0 Å². The van der Waals surface area contributed by atoms with Crippen LogP contribution in [0.25, 0.3) is 0 Å². The SMILES string of the molecule is CC(NC(=O)c1ccccc1)(C(=O)O)c1ccccc1F. The third kappa shape index (κ3) is 2.91. The van der Waals surface area contributed by atoms with Gasteiger partial charge in [-0.15, -0.1) is 0 Å². The Labute approximate surface area is 121 Å². The number of carboxylic acids is 1. The number of halogens is 1. The molecule has 108 valence electrons. The Kier molecular flexibility index (Phi) is 4.03. The van der Waals surface area contributed by atoms with Crippen LogP contribution in [0.15, 0.2) is 54.6 Å². The van der Waals surface area contributed by atoms with Gasteiger partial charge in [-0.25, -0.2) is 9.18 Å². The summed E-state index contributed by atoms with van der Waals surface area (Å²) >= 11 is 0. The lowest BCUT2D eigenvalue weighted by molar-refractivity contribution is -0.144. The Morgan fingerprint density at radius 2 is 1.62 bits per heavy atom. The molecule has 2 rings (SSSR count). The maximum Gasteiger partial charge on any atom is 0.333 e. The van der Waals surface area contributed by atoms with E-state index in [1.54, 1.807) is 30.3 Å². The lowest BCUT2D eigenvalue weighted by Gasteiger charge is -2.27. The van der Waals surface area contributed by atoms with Crippen LogP contribution in [0, 0.1) is 5.82 Å². The predicted molar refractivity (Wildman–Crippen MR) is 75.3 cm³/mol. The highest BCUT2D eigenvalue weighted by atomic mass is 19.1. The van der Waals surface area contributed by atoms with E-state index in [9.17, 15) is 19.1 Å². The summed E-state index contributed by atoms with van der Waals surface area (Å²) < 4.78 is 13.9. The van der Waals surface area contributed by atoms with Crippen LogP contribution in [-0.4, -0.2) is 17.0 Å². The molecule has 0 radical (unpaired) electrons. The van der Waals surface area contributed by atoms with Gasteiger partial charge in [-0.05, 0) is 25.1 Å². The second-order valence-corrected chi connectivity index (χ2v) is 4.73. The summed E-state index contributed by atoms with van der Waals surface area (Å²) in [4.78, 5) is 23.7. The molecule has 4 nitrogen and oxygen atoms in total. The molecule has 2 aromatic rings. The Hall–Kier alpha value is -2.69. The normalized spacial score (nSPS) is 13.2. The summed E-state index contributed by atoms with van der Waals surface area (Å²) in [6.07, 6.45) is 0. The topological polar surface area (TPSA) is 66.4 Å². The minimum Gasteiger partial charge on any atom is -0.479 e. The molecule has 0 aliphatic carbocycles. The van der Waals surface area contributed by atoms with E-state index in [2.05, 4.69) is 5.32 Å². The number of carboxylic acid groups (broad SMARTS) is 1. The van der Waals surface area contributed by atoms with E-state index in [-0.39, 0.29) is 5.56 Å². The average Bonchev–Trinajstić information content (AvgIpc) is 2.48. The van der Waals surface area contributed by atoms with Gasteiger partial charge in [0, 0.05) is 11.1 Å². The molecule has 0 aliphatic rings. The highest BCUT2D eigenvalue weighted by Crippen LogP contribution is 2.24. The second-order valence-electron chi connectivity index (χ2n) is 4.73. The first-order valence-electron chi connectivity index (χ1n) is 6.31. The fourth-order valence-electron chi connectivity index (χ4n) is 1.99. The molecule has 0 fully saturated rings. The molecule has 2 aromatic carbocycles. The molecule has 2 N–H and O–H groups in total. The van der Waals surface area contributed by atoms with E-state index in [4.69, 9.17) is 0 Å². The number of amides is 1. The standard InChI is InChI=1S/C16H14FNO3/c1-16(15(20)21,12-9-5-6-10-13(12)17)18-14(19)11-7-3-2-4-8-11/h2-10H,1H3,(H,18,19)(H,20,21). The van der Waals surface area contributed by atoms with Crippen LogP contribution < -0.4 is 5.32 Å². The van der Waals surface area contributed by atoms with Gasteiger partial charge in [0.25, 0.3) is 5.91 Å². The van der Waals surface area contributed by atoms with Crippen LogP contribution in [0.2, 0.25) is 0 Å². The van der Waals surface area contributed by atoms with E-state index >= 15 is 0 Å². The first-order chi connectivity index (χ1) is 9.95. The van der Waals surface area contributed by atoms with Gasteiger partial charge in [-0.2, -0.15) is 0 Å². The van der Waals surface area contributed by atoms with Crippen LogP contribution in [0.5, 0.6) is 0 Å². The zero-order chi connectivity index (χ0) is 15.5. The molecule has 0 heterocycles. The minimum absolute atomic E-state index is 0.0956. The Morgan fingerprint density at radius 1 is 1.05 bits per heavy atom. The van der Waals surface area contributed by atoms with Crippen LogP contribution in [-0.2, 0) is 10.3 Å². The molecule has 21 heavy (non-hydrogen) atoms. The van der Waals surface area contributed by atoms with Crippen molar-refractivity contribution in [2.75, 3.05) is 0 Å². The molecule has 0 aliphatic heterocycles. The van der Waals surface area contributed by atoms with Gasteiger partial charge in [-0.3, -0.25) is 4.79 Å². The molecule has 0 spiro atoms. The highest BCUT2D eigenvalue weighted by Gasteiger charge is 2.39. The van der Waals surface area contributed by atoms with Crippen molar-refractivity contribution >= 4 is 11.9 Å². The summed E-state index contributed by atoms with van der Waals surface area (Å²) in [6, 6.07) is 13.7. The zero-order valence-electron chi connectivity index (χ0n) is 11.3. The van der Waals surface area contributed by atoms with Crippen molar-refractivity contribution in [1.82, 2.24) is 5.32 Å². The molecular weight excluding hydrogens is 273 g/mol. The van der Waals surface area contributed by atoms with E-state index in [1.165, 1.54) is 25.1 Å². The summed E-state index contributed by atoms with van der Waals surface area (Å²) in [5.74, 6) is -2.60. The Balaban J connectivity index is 2.38. The third-order valence-electron chi connectivity index (χ3n) is 3.24. The number of carbonyl (C=O) groups is 2. The van der Waals surface area contributed by atoms with Gasteiger partial charge in [0.1, 0.15) is 5.82 Å².